The number of amides is 2. The predicted octanol–water partition coefficient (Wildman–Crippen LogP) is 1.68. The van der Waals surface area contributed by atoms with E-state index in [1.165, 1.54) is 37.0 Å². The SMILES string of the molecule is C=C/C(OC)=C(\C=C(/C)N1C(=O)CSCC1=O)OC. The molecule has 0 saturated carbocycles. The van der Waals surface area contributed by atoms with Crippen LogP contribution in [0.25, 0.3) is 0 Å². The average molecular weight is 283 g/mol. The zero-order chi connectivity index (χ0) is 14.4. The summed E-state index contributed by atoms with van der Waals surface area (Å²) < 4.78 is 10.3. The lowest BCUT2D eigenvalue weighted by molar-refractivity contribution is -0.139. The molecule has 1 rings (SSSR count). The topological polar surface area (TPSA) is 55.8 Å². The van der Waals surface area contributed by atoms with Gasteiger partial charge in [-0.05, 0) is 13.0 Å². The van der Waals surface area contributed by atoms with Gasteiger partial charge in [0.15, 0.2) is 11.5 Å². The molecule has 5 nitrogen and oxygen atoms in total. The maximum atomic E-state index is 11.8. The number of nitrogens with zero attached hydrogens (tertiary/aromatic N) is 1. The van der Waals surface area contributed by atoms with E-state index in [-0.39, 0.29) is 11.8 Å². The number of allylic oxidation sites excluding steroid dienone is 3. The molecule has 6 heteroatoms. The second-order valence-electron chi connectivity index (χ2n) is 3.74. The maximum absolute atomic E-state index is 11.8. The van der Waals surface area contributed by atoms with Crippen LogP contribution in [-0.2, 0) is 19.1 Å². The van der Waals surface area contributed by atoms with E-state index >= 15 is 0 Å². The van der Waals surface area contributed by atoms with Crippen LogP contribution in [0.2, 0.25) is 0 Å². The highest BCUT2D eigenvalue weighted by Crippen LogP contribution is 2.19. The van der Waals surface area contributed by atoms with Gasteiger partial charge in [0.2, 0.25) is 11.8 Å². The van der Waals surface area contributed by atoms with Crippen LogP contribution in [0.1, 0.15) is 6.92 Å². The van der Waals surface area contributed by atoms with Gasteiger partial charge in [0.05, 0.1) is 25.7 Å². The summed E-state index contributed by atoms with van der Waals surface area (Å²) in [4.78, 5) is 24.7. The number of hydrogen-bond acceptors (Lipinski definition) is 5. The van der Waals surface area contributed by atoms with Crippen molar-refractivity contribution in [1.82, 2.24) is 4.90 Å². The van der Waals surface area contributed by atoms with Crippen molar-refractivity contribution >= 4 is 23.6 Å². The minimum atomic E-state index is -0.219. The Morgan fingerprint density at radius 2 is 1.74 bits per heavy atom. The van der Waals surface area contributed by atoms with Crippen LogP contribution in [0.3, 0.4) is 0 Å². The van der Waals surface area contributed by atoms with Crippen LogP contribution in [-0.4, -0.2) is 42.4 Å². The lowest BCUT2D eigenvalue weighted by atomic mass is 10.3. The highest BCUT2D eigenvalue weighted by atomic mass is 32.2. The molecule has 0 aromatic carbocycles. The van der Waals surface area contributed by atoms with Crippen LogP contribution < -0.4 is 0 Å². The Bertz CT molecular complexity index is 438. The Balaban J connectivity index is 3.08. The molecule has 1 aliphatic heterocycles. The fourth-order valence-electron chi connectivity index (χ4n) is 1.66. The van der Waals surface area contributed by atoms with E-state index in [4.69, 9.17) is 9.47 Å². The van der Waals surface area contributed by atoms with E-state index in [1.807, 2.05) is 0 Å². The molecule has 2 amide bonds. The molecule has 0 aliphatic carbocycles. The summed E-state index contributed by atoms with van der Waals surface area (Å²) in [7, 11) is 2.98. The first-order chi connectivity index (χ1) is 9.04. The Labute approximate surface area is 116 Å². The second-order valence-corrected chi connectivity index (χ2v) is 4.73. The van der Waals surface area contributed by atoms with Crippen LogP contribution in [0.15, 0.2) is 35.9 Å². The number of methoxy groups -OCH3 is 2. The van der Waals surface area contributed by atoms with Gasteiger partial charge in [0.25, 0.3) is 0 Å². The third-order valence-electron chi connectivity index (χ3n) is 2.51. The summed E-state index contributed by atoms with van der Waals surface area (Å²) in [5.74, 6) is 1.02. The van der Waals surface area contributed by atoms with Crippen molar-refractivity contribution in [2.24, 2.45) is 0 Å². The first kappa shape index (κ1) is 15.4. The highest BCUT2D eigenvalue weighted by molar-refractivity contribution is 8.00. The van der Waals surface area contributed by atoms with E-state index in [2.05, 4.69) is 6.58 Å². The summed E-state index contributed by atoms with van der Waals surface area (Å²) in [6.45, 7) is 5.29. The van der Waals surface area contributed by atoms with E-state index < -0.39 is 0 Å². The van der Waals surface area contributed by atoms with Crippen molar-refractivity contribution in [2.45, 2.75) is 6.92 Å². The molecule has 0 atom stereocenters. The van der Waals surface area contributed by atoms with E-state index in [1.54, 1.807) is 13.0 Å². The zero-order valence-electron chi connectivity index (χ0n) is 11.3. The van der Waals surface area contributed by atoms with Crippen LogP contribution in [0, 0.1) is 0 Å². The van der Waals surface area contributed by atoms with Crippen LogP contribution in [0.5, 0.6) is 0 Å². The molecule has 104 valence electrons. The number of carbonyl (C=O) groups excluding carboxylic acids is 2. The van der Waals surface area contributed by atoms with Gasteiger partial charge in [-0.15, -0.1) is 11.8 Å². The van der Waals surface area contributed by atoms with Gasteiger partial charge in [-0.2, -0.15) is 0 Å². The minimum absolute atomic E-state index is 0.219. The van der Waals surface area contributed by atoms with Gasteiger partial charge in [-0.1, -0.05) is 6.58 Å². The minimum Gasteiger partial charge on any atom is -0.493 e. The summed E-state index contributed by atoms with van der Waals surface area (Å²) in [5, 5.41) is 0. The predicted molar refractivity (Wildman–Crippen MR) is 74.2 cm³/mol. The van der Waals surface area contributed by atoms with Gasteiger partial charge in [-0.3, -0.25) is 14.5 Å². The quantitative estimate of drug-likeness (QED) is 0.436. The van der Waals surface area contributed by atoms with Gasteiger partial charge in [0.1, 0.15) is 0 Å². The molecule has 0 bridgehead atoms. The molecule has 1 aliphatic rings. The Morgan fingerprint density at radius 3 is 2.16 bits per heavy atom. The number of carbonyl (C=O) groups is 2. The Morgan fingerprint density at radius 1 is 1.21 bits per heavy atom. The lowest BCUT2D eigenvalue weighted by Gasteiger charge is -2.25. The normalized spacial score (nSPS) is 18.1. The standard InChI is InChI=1S/C13H17NO4S/c1-5-10(17-3)11(18-4)6-9(2)14-12(15)7-19-8-13(14)16/h5-6H,1,7-8H2,2-4H3/b9-6+,11-10-. The first-order valence-electron chi connectivity index (χ1n) is 5.61. The highest BCUT2D eigenvalue weighted by Gasteiger charge is 2.27. The van der Waals surface area contributed by atoms with Crippen molar-refractivity contribution in [3.8, 4) is 0 Å². The second kappa shape index (κ2) is 7.04. The van der Waals surface area contributed by atoms with Crippen molar-refractivity contribution in [3.05, 3.63) is 35.9 Å². The number of imide groups is 1. The molecule has 0 aromatic heterocycles. The van der Waals surface area contributed by atoms with E-state index in [0.717, 1.165) is 0 Å². The summed E-state index contributed by atoms with van der Waals surface area (Å²) in [6, 6.07) is 0. The van der Waals surface area contributed by atoms with Crippen molar-refractivity contribution in [3.63, 3.8) is 0 Å². The first-order valence-corrected chi connectivity index (χ1v) is 6.77. The molecule has 19 heavy (non-hydrogen) atoms. The molecule has 0 spiro atoms. The lowest BCUT2D eigenvalue weighted by Crippen LogP contribution is -2.41. The monoisotopic (exact) mass is 283 g/mol. The van der Waals surface area contributed by atoms with Crippen molar-refractivity contribution < 1.29 is 19.1 Å². The Hall–Kier alpha value is -1.69. The number of ether oxygens (including phenoxy) is 2. The largest absolute Gasteiger partial charge is 0.493 e. The van der Waals surface area contributed by atoms with Crippen LogP contribution >= 0.6 is 11.8 Å². The fraction of sp³-hybridized carbons (Fsp3) is 0.385. The van der Waals surface area contributed by atoms with E-state index in [0.29, 0.717) is 28.7 Å². The van der Waals surface area contributed by atoms with Gasteiger partial charge >= 0.3 is 0 Å². The summed E-state index contributed by atoms with van der Waals surface area (Å²) >= 11 is 1.32. The molecule has 1 heterocycles. The van der Waals surface area contributed by atoms with Crippen molar-refractivity contribution in [1.29, 1.82) is 0 Å². The molecule has 0 aromatic rings. The fourth-order valence-corrected chi connectivity index (χ4v) is 2.37. The molecule has 0 unspecified atom stereocenters. The summed E-state index contributed by atoms with van der Waals surface area (Å²) in [5.41, 5.74) is 0.503. The summed E-state index contributed by atoms with van der Waals surface area (Å²) in [6.07, 6.45) is 3.09. The molecule has 0 radical (unpaired) electrons. The molecular formula is C13H17NO4S. The van der Waals surface area contributed by atoms with Crippen LogP contribution in [0.4, 0.5) is 0 Å². The number of rotatable bonds is 5. The van der Waals surface area contributed by atoms with Crippen molar-refractivity contribution in [2.75, 3.05) is 25.7 Å². The molecular weight excluding hydrogens is 266 g/mol. The van der Waals surface area contributed by atoms with Gasteiger partial charge < -0.3 is 9.47 Å². The average Bonchev–Trinajstić information content (AvgIpc) is 2.38. The van der Waals surface area contributed by atoms with Gasteiger partial charge in [-0.25, -0.2) is 0 Å². The third kappa shape index (κ3) is 3.64. The molecule has 1 fully saturated rings. The van der Waals surface area contributed by atoms with Gasteiger partial charge in [0, 0.05) is 11.8 Å². The smallest absolute Gasteiger partial charge is 0.243 e. The maximum Gasteiger partial charge on any atom is 0.243 e. The van der Waals surface area contributed by atoms with E-state index in [9.17, 15) is 9.59 Å². The molecule has 0 N–H and O–H groups in total. The number of hydrogen-bond donors (Lipinski definition) is 0. The third-order valence-corrected chi connectivity index (χ3v) is 3.41. The Kier molecular flexibility index (Phi) is 5.69. The zero-order valence-corrected chi connectivity index (χ0v) is 12.1. The number of thioether (sulfide) groups is 1. The molecule has 1 saturated heterocycles.